The van der Waals surface area contributed by atoms with Crippen molar-refractivity contribution in [2.75, 3.05) is 12.4 Å². The largest absolute Gasteiger partial charge is 0.497 e. The second kappa shape index (κ2) is 10.2. The third kappa shape index (κ3) is 6.15. The second-order valence-electron chi connectivity index (χ2n) is 6.38. The number of carbonyl (C=O) groups is 1. The van der Waals surface area contributed by atoms with Crippen LogP contribution in [0.15, 0.2) is 77.9 Å². The molecule has 0 aliphatic rings. The van der Waals surface area contributed by atoms with E-state index in [9.17, 15) is 4.79 Å². The van der Waals surface area contributed by atoms with Crippen molar-refractivity contribution in [3.63, 3.8) is 0 Å². The fraction of sp³-hybridized carbons (Fsp3) is 0.0870. The van der Waals surface area contributed by atoms with Gasteiger partial charge in [-0.25, -0.2) is 4.79 Å². The molecular formula is C23H21N3O3S. The third-order valence-electron chi connectivity index (χ3n) is 4.07. The standard InChI is InChI=1S/C23H21N3O3S/c1-16-4-3-5-19(14-16)25-23(30)26-24-15-17-6-10-21(11-7-17)29-22(27)18-8-12-20(28-2)13-9-18/h3-15H,1-2H3,(H2,25,26,30). The molecule has 30 heavy (non-hydrogen) atoms. The molecule has 2 N–H and O–H groups in total. The number of nitrogens with one attached hydrogen (secondary N) is 2. The summed E-state index contributed by atoms with van der Waals surface area (Å²) in [6, 6.07) is 21.6. The summed E-state index contributed by atoms with van der Waals surface area (Å²) in [5, 5.41) is 7.57. The van der Waals surface area contributed by atoms with E-state index in [1.807, 2.05) is 31.2 Å². The molecule has 0 heterocycles. The Balaban J connectivity index is 1.51. The lowest BCUT2D eigenvalue weighted by Crippen LogP contribution is -2.23. The average Bonchev–Trinajstić information content (AvgIpc) is 2.75. The van der Waals surface area contributed by atoms with Gasteiger partial charge in [0.15, 0.2) is 5.11 Å². The molecule has 0 amide bonds. The number of hydrogen-bond donors (Lipinski definition) is 2. The number of ether oxygens (including phenoxy) is 2. The molecule has 0 aliphatic carbocycles. The monoisotopic (exact) mass is 419 g/mol. The number of nitrogens with zero attached hydrogens (tertiary/aromatic N) is 1. The topological polar surface area (TPSA) is 72.0 Å². The highest BCUT2D eigenvalue weighted by atomic mass is 32.1. The van der Waals surface area contributed by atoms with E-state index in [-0.39, 0.29) is 0 Å². The van der Waals surface area contributed by atoms with Crippen LogP contribution in [0.25, 0.3) is 0 Å². The normalized spacial score (nSPS) is 10.5. The molecule has 0 spiro atoms. The van der Waals surface area contributed by atoms with Gasteiger partial charge in [0, 0.05) is 5.69 Å². The van der Waals surface area contributed by atoms with E-state index in [0.29, 0.717) is 22.2 Å². The van der Waals surface area contributed by atoms with Crippen LogP contribution in [0, 0.1) is 6.92 Å². The van der Waals surface area contributed by atoms with Gasteiger partial charge >= 0.3 is 5.97 Å². The summed E-state index contributed by atoms with van der Waals surface area (Å²) < 4.78 is 10.5. The molecule has 0 aliphatic heterocycles. The first-order valence-electron chi connectivity index (χ1n) is 9.16. The summed E-state index contributed by atoms with van der Waals surface area (Å²) in [6.07, 6.45) is 1.62. The van der Waals surface area contributed by atoms with Gasteiger partial charge in [0.1, 0.15) is 11.5 Å². The van der Waals surface area contributed by atoms with Gasteiger partial charge in [0.05, 0.1) is 18.9 Å². The van der Waals surface area contributed by atoms with Crippen LogP contribution in [-0.4, -0.2) is 24.4 Å². The average molecular weight is 420 g/mol. The van der Waals surface area contributed by atoms with Gasteiger partial charge in [-0.05, 0) is 90.9 Å². The van der Waals surface area contributed by atoms with Crippen molar-refractivity contribution in [3.05, 3.63) is 89.5 Å². The van der Waals surface area contributed by atoms with E-state index in [0.717, 1.165) is 16.8 Å². The lowest BCUT2D eigenvalue weighted by molar-refractivity contribution is 0.0734. The highest BCUT2D eigenvalue weighted by molar-refractivity contribution is 7.80. The van der Waals surface area contributed by atoms with Gasteiger partial charge in [0.2, 0.25) is 0 Å². The fourth-order valence-electron chi connectivity index (χ4n) is 2.56. The van der Waals surface area contributed by atoms with Crippen molar-refractivity contribution in [3.8, 4) is 11.5 Å². The summed E-state index contributed by atoms with van der Waals surface area (Å²) in [5.74, 6) is 0.684. The highest BCUT2D eigenvalue weighted by Crippen LogP contribution is 2.16. The van der Waals surface area contributed by atoms with Gasteiger partial charge in [-0.15, -0.1) is 0 Å². The van der Waals surface area contributed by atoms with E-state index in [4.69, 9.17) is 21.7 Å². The quantitative estimate of drug-likeness (QED) is 0.201. The van der Waals surface area contributed by atoms with Gasteiger partial charge < -0.3 is 14.8 Å². The Hall–Kier alpha value is -3.71. The summed E-state index contributed by atoms with van der Waals surface area (Å²) in [6.45, 7) is 2.01. The molecule has 0 unspecified atom stereocenters. The number of aryl methyl sites for hydroxylation is 1. The SMILES string of the molecule is COc1ccc(C(=O)Oc2ccc(C=NNC(=S)Nc3cccc(C)c3)cc2)cc1. The van der Waals surface area contributed by atoms with Crippen LogP contribution < -0.4 is 20.2 Å². The number of esters is 1. The molecule has 152 valence electrons. The smallest absolute Gasteiger partial charge is 0.343 e. The summed E-state index contributed by atoms with van der Waals surface area (Å²) >= 11 is 5.22. The van der Waals surface area contributed by atoms with Gasteiger partial charge in [0.25, 0.3) is 0 Å². The number of hydrazone groups is 1. The van der Waals surface area contributed by atoms with Crippen LogP contribution in [0.5, 0.6) is 11.5 Å². The summed E-state index contributed by atoms with van der Waals surface area (Å²) in [4.78, 5) is 12.2. The van der Waals surface area contributed by atoms with E-state index in [2.05, 4.69) is 15.8 Å². The predicted molar refractivity (Wildman–Crippen MR) is 123 cm³/mol. The van der Waals surface area contributed by atoms with Crippen molar-refractivity contribution in [1.29, 1.82) is 0 Å². The van der Waals surface area contributed by atoms with Crippen molar-refractivity contribution in [2.24, 2.45) is 5.10 Å². The lowest BCUT2D eigenvalue weighted by Gasteiger charge is -2.07. The zero-order valence-corrected chi connectivity index (χ0v) is 17.4. The van der Waals surface area contributed by atoms with E-state index in [1.165, 1.54) is 0 Å². The Bertz CT molecular complexity index is 1050. The molecule has 7 heteroatoms. The Kier molecular flexibility index (Phi) is 7.13. The van der Waals surface area contributed by atoms with Crippen LogP contribution in [0.4, 0.5) is 5.69 Å². The first-order valence-corrected chi connectivity index (χ1v) is 9.57. The van der Waals surface area contributed by atoms with Crippen molar-refractivity contribution < 1.29 is 14.3 Å². The van der Waals surface area contributed by atoms with Crippen LogP contribution in [0.1, 0.15) is 21.5 Å². The van der Waals surface area contributed by atoms with E-state index in [1.54, 1.807) is 61.9 Å². The van der Waals surface area contributed by atoms with Crippen LogP contribution in [0.2, 0.25) is 0 Å². The molecule has 3 aromatic carbocycles. The number of thiocarbonyl (C=S) groups is 1. The Labute approximate surface area is 180 Å². The van der Waals surface area contributed by atoms with E-state index < -0.39 is 5.97 Å². The minimum Gasteiger partial charge on any atom is -0.497 e. The molecule has 0 saturated carbocycles. The number of methoxy groups -OCH3 is 1. The Morgan fingerprint density at radius 3 is 2.37 bits per heavy atom. The van der Waals surface area contributed by atoms with Crippen molar-refractivity contribution in [2.45, 2.75) is 6.92 Å². The number of hydrogen-bond acceptors (Lipinski definition) is 5. The molecule has 0 fully saturated rings. The highest BCUT2D eigenvalue weighted by Gasteiger charge is 2.08. The second-order valence-corrected chi connectivity index (χ2v) is 6.79. The maximum atomic E-state index is 12.2. The molecule has 6 nitrogen and oxygen atoms in total. The molecule has 3 rings (SSSR count). The third-order valence-corrected chi connectivity index (χ3v) is 4.27. The number of benzene rings is 3. The number of carbonyl (C=O) groups excluding carboxylic acids is 1. The minimum atomic E-state index is -0.437. The van der Waals surface area contributed by atoms with Crippen LogP contribution in [0.3, 0.4) is 0 Å². The first kappa shape index (κ1) is 21.0. The van der Waals surface area contributed by atoms with Gasteiger partial charge in [-0.2, -0.15) is 5.10 Å². The van der Waals surface area contributed by atoms with Crippen LogP contribution in [-0.2, 0) is 0 Å². The van der Waals surface area contributed by atoms with Crippen molar-refractivity contribution in [1.82, 2.24) is 5.43 Å². The first-order chi connectivity index (χ1) is 14.5. The molecule has 0 atom stereocenters. The molecule has 0 radical (unpaired) electrons. The predicted octanol–water partition coefficient (Wildman–Crippen LogP) is 4.54. The van der Waals surface area contributed by atoms with Crippen molar-refractivity contribution >= 4 is 35.2 Å². The number of anilines is 1. The van der Waals surface area contributed by atoms with Gasteiger partial charge in [-0.1, -0.05) is 12.1 Å². The Morgan fingerprint density at radius 1 is 1.00 bits per heavy atom. The molecule has 0 saturated heterocycles. The minimum absolute atomic E-state index is 0.391. The molecular weight excluding hydrogens is 398 g/mol. The zero-order valence-electron chi connectivity index (χ0n) is 16.6. The summed E-state index contributed by atoms with van der Waals surface area (Å²) in [7, 11) is 1.57. The maximum absolute atomic E-state index is 12.2. The maximum Gasteiger partial charge on any atom is 0.343 e. The molecule has 3 aromatic rings. The zero-order chi connectivity index (χ0) is 21.3. The molecule has 0 aromatic heterocycles. The summed E-state index contributed by atoms with van der Waals surface area (Å²) in [5.41, 5.74) is 6.07. The lowest BCUT2D eigenvalue weighted by atomic mass is 10.2. The van der Waals surface area contributed by atoms with E-state index >= 15 is 0 Å². The van der Waals surface area contributed by atoms with Crippen LogP contribution >= 0.6 is 12.2 Å². The fourth-order valence-corrected chi connectivity index (χ4v) is 2.73. The Morgan fingerprint density at radius 2 is 1.70 bits per heavy atom. The number of rotatable bonds is 6. The molecule has 0 bridgehead atoms. The van der Waals surface area contributed by atoms with Gasteiger partial charge in [-0.3, -0.25) is 5.43 Å².